The van der Waals surface area contributed by atoms with Crippen LogP contribution in [0.4, 0.5) is 4.39 Å². The SMILES string of the molecule is CCOC1(C(=O)c2cccc(OC)c2F)CCCC(C)C1. The highest BCUT2D eigenvalue weighted by molar-refractivity contribution is 6.03. The lowest BCUT2D eigenvalue weighted by Crippen LogP contribution is -2.45. The summed E-state index contributed by atoms with van der Waals surface area (Å²) in [6.45, 7) is 4.43. The summed E-state index contributed by atoms with van der Waals surface area (Å²) in [5.74, 6) is -0.353. The van der Waals surface area contributed by atoms with Crippen LogP contribution in [0.1, 0.15) is 49.9 Å². The van der Waals surface area contributed by atoms with Crippen molar-refractivity contribution in [1.82, 2.24) is 0 Å². The summed E-state index contributed by atoms with van der Waals surface area (Å²) in [7, 11) is 1.40. The van der Waals surface area contributed by atoms with Gasteiger partial charge in [-0.1, -0.05) is 19.4 Å². The minimum absolute atomic E-state index is 0.0666. The minimum atomic E-state index is -0.889. The number of halogens is 1. The second kappa shape index (κ2) is 6.56. The average Bonchev–Trinajstić information content (AvgIpc) is 2.47. The van der Waals surface area contributed by atoms with Crippen molar-refractivity contribution in [3.63, 3.8) is 0 Å². The molecule has 0 heterocycles. The molecule has 3 nitrogen and oxygen atoms in total. The molecule has 4 heteroatoms. The highest BCUT2D eigenvalue weighted by atomic mass is 19.1. The van der Waals surface area contributed by atoms with Crippen molar-refractivity contribution in [2.75, 3.05) is 13.7 Å². The third-order valence-corrected chi connectivity index (χ3v) is 4.22. The molecule has 1 aliphatic carbocycles. The molecule has 0 aliphatic heterocycles. The first-order valence-corrected chi connectivity index (χ1v) is 7.55. The molecular weight excluding hydrogens is 271 g/mol. The molecule has 0 amide bonds. The summed E-state index contributed by atoms with van der Waals surface area (Å²) in [5.41, 5.74) is -0.823. The molecule has 1 saturated carbocycles. The Bertz CT molecular complexity index is 511. The van der Waals surface area contributed by atoms with Gasteiger partial charge in [0.25, 0.3) is 0 Å². The van der Waals surface area contributed by atoms with Crippen LogP contribution < -0.4 is 4.74 Å². The molecule has 0 aromatic heterocycles. The molecule has 116 valence electrons. The normalized spacial score (nSPS) is 25.6. The molecule has 1 aromatic rings. The number of benzene rings is 1. The Kier molecular flexibility index (Phi) is 4.99. The van der Waals surface area contributed by atoms with Crippen LogP contribution in [-0.2, 0) is 4.74 Å². The Morgan fingerprint density at radius 2 is 2.24 bits per heavy atom. The Morgan fingerprint density at radius 1 is 1.48 bits per heavy atom. The number of ether oxygens (including phenoxy) is 2. The zero-order chi connectivity index (χ0) is 15.5. The van der Waals surface area contributed by atoms with Gasteiger partial charge in [0, 0.05) is 6.61 Å². The van der Waals surface area contributed by atoms with Crippen molar-refractivity contribution < 1.29 is 18.7 Å². The van der Waals surface area contributed by atoms with E-state index in [1.807, 2.05) is 6.92 Å². The quantitative estimate of drug-likeness (QED) is 0.770. The largest absolute Gasteiger partial charge is 0.494 e. The fourth-order valence-corrected chi connectivity index (χ4v) is 3.27. The topological polar surface area (TPSA) is 35.5 Å². The molecule has 1 fully saturated rings. The molecule has 0 N–H and O–H groups in total. The number of ketones is 1. The van der Waals surface area contributed by atoms with Gasteiger partial charge in [-0.2, -0.15) is 0 Å². The van der Waals surface area contributed by atoms with Gasteiger partial charge in [-0.25, -0.2) is 4.39 Å². The number of carbonyl (C=O) groups excluding carboxylic acids is 1. The number of Topliss-reactive ketones (excluding diaryl/α,β-unsaturated/α-hetero) is 1. The highest BCUT2D eigenvalue weighted by Gasteiger charge is 2.43. The lowest BCUT2D eigenvalue weighted by Gasteiger charge is -2.38. The third-order valence-electron chi connectivity index (χ3n) is 4.22. The van der Waals surface area contributed by atoms with Crippen LogP contribution >= 0.6 is 0 Å². The predicted molar refractivity (Wildman–Crippen MR) is 79.3 cm³/mol. The average molecular weight is 294 g/mol. The first-order chi connectivity index (χ1) is 10.0. The van der Waals surface area contributed by atoms with Crippen molar-refractivity contribution >= 4 is 5.78 Å². The predicted octanol–water partition coefficient (Wildman–Crippen LogP) is 4.00. The Labute approximate surface area is 125 Å². The van der Waals surface area contributed by atoms with E-state index in [4.69, 9.17) is 9.47 Å². The zero-order valence-corrected chi connectivity index (χ0v) is 12.9. The van der Waals surface area contributed by atoms with Crippen molar-refractivity contribution in [1.29, 1.82) is 0 Å². The molecule has 1 aliphatic rings. The van der Waals surface area contributed by atoms with Gasteiger partial charge in [-0.15, -0.1) is 0 Å². The molecule has 2 atom stereocenters. The van der Waals surface area contributed by atoms with Crippen molar-refractivity contribution in [2.24, 2.45) is 5.92 Å². The van der Waals surface area contributed by atoms with Crippen LogP contribution in [-0.4, -0.2) is 25.1 Å². The summed E-state index contributed by atoms with van der Waals surface area (Å²) in [4.78, 5) is 12.9. The summed E-state index contributed by atoms with van der Waals surface area (Å²) in [6.07, 6.45) is 3.32. The minimum Gasteiger partial charge on any atom is -0.494 e. The van der Waals surface area contributed by atoms with Gasteiger partial charge in [-0.05, 0) is 44.2 Å². The fraction of sp³-hybridized carbons (Fsp3) is 0.588. The van der Waals surface area contributed by atoms with Gasteiger partial charge < -0.3 is 9.47 Å². The van der Waals surface area contributed by atoms with Crippen LogP contribution in [0.3, 0.4) is 0 Å². The van der Waals surface area contributed by atoms with Crippen molar-refractivity contribution in [2.45, 2.75) is 45.1 Å². The van der Waals surface area contributed by atoms with E-state index < -0.39 is 11.4 Å². The van der Waals surface area contributed by atoms with E-state index in [2.05, 4.69) is 6.92 Å². The molecule has 1 aromatic carbocycles. The fourth-order valence-electron chi connectivity index (χ4n) is 3.27. The standard InChI is InChI=1S/C17H23FO3/c1-4-21-17(10-6-7-12(2)11-17)16(19)13-8-5-9-14(20-3)15(13)18/h5,8-9,12H,4,6-7,10-11H2,1-3H3. The summed E-state index contributed by atoms with van der Waals surface area (Å²) < 4.78 is 25.2. The maximum absolute atomic E-state index is 14.4. The highest BCUT2D eigenvalue weighted by Crippen LogP contribution is 2.38. The Hall–Kier alpha value is -1.42. The van der Waals surface area contributed by atoms with Crippen molar-refractivity contribution in [3.8, 4) is 5.75 Å². The van der Waals surface area contributed by atoms with Crippen LogP contribution in [0.25, 0.3) is 0 Å². The number of carbonyl (C=O) groups is 1. The van der Waals surface area contributed by atoms with Crippen LogP contribution in [0.5, 0.6) is 5.75 Å². The number of hydrogen-bond donors (Lipinski definition) is 0. The van der Waals surface area contributed by atoms with E-state index in [-0.39, 0.29) is 17.1 Å². The Morgan fingerprint density at radius 3 is 2.86 bits per heavy atom. The molecule has 21 heavy (non-hydrogen) atoms. The molecule has 0 spiro atoms. The van der Waals surface area contributed by atoms with E-state index in [1.54, 1.807) is 6.07 Å². The monoisotopic (exact) mass is 294 g/mol. The first-order valence-electron chi connectivity index (χ1n) is 7.55. The molecule has 0 saturated heterocycles. The van der Waals surface area contributed by atoms with Gasteiger partial charge >= 0.3 is 0 Å². The summed E-state index contributed by atoms with van der Waals surface area (Å²) in [6, 6.07) is 4.67. The third kappa shape index (κ3) is 3.10. The van der Waals surface area contributed by atoms with Crippen LogP contribution in [0.2, 0.25) is 0 Å². The van der Waals surface area contributed by atoms with Gasteiger partial charge in [0.1, 0.15) is 5.60 Å². The lowest BCUT2D eigenvalue weighted by atomic mass is 9.74. The number of methoxy groups -OCH3 is 1. The van der Waals surface area contributed by atoms with Gasteiger partial charge in [0.2, 0.25) is 0 Å². The van der Waals surface area contributed by atoms with Crippen LogP contribution in [0, 0.1) is 11.7 Å². The second-order valence-corrected chi connectivity index (χ2v) is 5.78. The molecule has 0 radical (unpaired) electrons. The molecule has 0 bridgehead atoms. The summed E-state index contributed by atoms with van der Waals surface area (Å²) >= 11 is 0. The van der Waals surface area contributed by atoms with Crippen LogP contribution in [0.15, 0.2) is 18.2 Å². The Balaban J connectivity index is 2.39. The van der Waals surface area contributed by atoms with Gasteiger partial charge in [0.05, 0.1) is 12.7 Å². The van der Waals surface area contributed by atoms with Crippen molar-refractivity contribution in [3.05, 3.63) is 29.6 Å². The van der Waals surface area contributed by atoms with E-state index in [1.165, 1.54) is 19.2 Å². The van der Waals surface area contributed by atoms with E-state index >= 15 is 0 Å². The van der Waals surface area contributed by atoms with E-state index in [0.717, 1.165) is 12.8 Å². The number of hydrogen-bond acceptors (Lipinski definition) is 3. The summed E-state index contributed by atoms with van der Waals surface area (Å²) in [5, 5.41) is 0. The maximum atomic E-state index is 14.4. The zero-order valence-electron chi connectivity index (χ0n) is 12.9. The first kappa shape index (κ1) is 16.0. The second-order valence-electron chi connectivity index (χ2n) is 5.78. The van der Waals surface area contributed by atoms with E-state index in [0.29, 0.717) is 25.4 Å². The molecule has 2 unspecified atom stereocenters. The van der Waals surface area contributed by atoms with Gasteiger partial charge in [-0.3, -0.25) is 4.79 Å². The molecule has 2 rings (SSSR count). The smallest absolute Gasteiger partial charge is 0.197 e. The number of rotatable bonds is 5. The molecular formula is C17H23FO3. The maximum Gasteiger partial charge on any atom is 0.197 e. The van der Waals surface area contributed by atoms with E-state index in [9.17, 15) is 9.18 Å². The lowest BCUT2D eigenvalue weighted by molar-refractivity contribution is -0.0514. The van der Waals surface area contributed by atoms with Gasteiger partial charge in [0.15, 0.2) is 17.3 Å².